The highest BCUT2D eigenvalue weighted by atomic mass is 16.5. The number of fused-ring (bicyclic) bond motifs is 3. The van der Waals surface area contributed by atoms with Crippen molar-refractivity contribution in [2.75, 3.05) is 7.11 Å². The predicted octanol–water partition coefficient (Wildman–Crippen LogP) is 3.88. The number of hydrogen-bond acceptors (Lipinski definition) is 4. The molecule has 2 N–H and O–H groups in total. The topological polar surface area (TPSA) is 75.2 Å². The van der Waals surface area contributed by atoms with Crippen molar-refractivity contribution in [1.82, 2.24) is 9.97 Å². The summed E-state index contributed by atoms with van der Waals surface area (Å²) in [5.74, 6) is -0.335. The SMILES string of the molecule is COC(=O)c1cc(-c2ccccc2)nc2c1[nH]c1cccc(O)c12. The first-order valence-corrected chi connectivity index (χ1v) is 7.47. The summed E-state index contributed by atoms with van der Waals surface area (Å²) in [5, 5.41) is 10.8. The number of aromatic amines is 1. The van der Waals surface area contributed by atoms with Gasteiger partial charge in [0.1, 0.15) is 11.3 Å². The number of nitrogens with zero attached hydrogens (tertiary/aromatic N) is 1. The summed E-state index contributed by atoms with van der Waals surface area (Å²) in [5.41, 5.74) is 3.73. The first-order chi connectivity index (χ1) is 11.7. The molecule has 0 fully saturated rings. The van der Waals surface area contributed by atoms with Crippen LogP contribution in [0.25, 0.3) is 33.2 Å². The van der Waals surface area contributed by atoms with Gasteiger partial charge in [-0.2, -0.15) is 0 Å². The first kappa shape index (κ1) is 14.3. The molecule has 0 spiro atoms. The van der Waals surface area contributed by atoms with E-state index in [1.165, 1.54) is 7.11 Å². The average Bonchev–Trinajstić information content (AvgIpc) is 3.00. The largest absolute Gasteiger partial charge is 0.507 e. The maximum absolute atomic E-state index is 12.2. The molecule has 0 saturated carbocycles. The highest BCUT2D eigenvalue weighted by Gasteiger charge is 2.19. The molecule has 0 unspecified atom stereocenters. The van der Waals surface area contributed by atoms with Crippen LogP contribution >= 0.6 is 0 Å². The molecule has 0 bridgehead atoms. The van der Waals surface area contributed by atoms with E-state index in [0.717, 1.165) is 5.56 Å². The summed E-state index contributed by atoms with van der Waals surface area (Å²) in [6.45, 7) is 0. The summed E-state index contributed by atoms with van der Waals surface area (Å²) >= 11 is 0. The van der Waals surface area contributed by atoms with E-state index in [-0.39, 0.29) is 5.75 Å². The number of pyridine rings is 1. The number of esters is 1. The Morgan fingerprint density at radius 1 is 1.12 bits per heavy atom. The van der Waals surface area contributed by atoms with E-state index in [0.29, 0.717) is 33.2 Å². The molecule has 5 heteroatoms. The maximum atomic E-state index is 12.2. The van der Waals surface area contributed by atoms with Gasteiger partial charge in [-0.15, -0.1) is 0 Å². The van der Waals surface area contributed by atoms with Crippen LogP contribution in [0.15, 0.2) is 54.6 Å². The van der Waals surface area contributed by atoms with Crippen molar-refractivity contribution in [2.24, 2.45) is 0 Å². The van der Waals surface area contributed by atoms with Gasteiger partial charge in [0, 0.05) is 5.56 Å². The van der Waals surface area contributed by atoms with E-state index in [4.69, 9.17) is 4.74 Å². The number of phenolic OH excluding ortho intramolecular Hbond substituents is 1. The average molecular weight is 318 g/mol. The molecular weight excluding hydrogens is 304 g/mol. The molecule has 4 rings (SSSR count). The summed E-state index contributed by atoms with van der Waals surface area (Å²) in [6.07, 6.45) is 0. The summed E-state index contributed by atoms with van der Waals surface area (Å²) in [7, 11) is 1.34. The highest BCUT2D eigenvalue weighted by Crippen LogP contribution is 2.34. The molecule has 2 aromatic carbocycles. The van der Waals surface area contributed by atoms with Gasteiger partial charge in [-0.3, -0.25) is 0 Å². The third kappa shape index (κ3) is 2.10. The second-order valence-corrected chi connectivity index (χ2v) is 5.46. The zero-order valence-corrected chi connectivity index (χ0v) is 12.9. The van der Waals surface area contributed by atoms with Crippen LogP contribution < -0.4 is 0 Å². The second-order valence-electron chi connectivity index (χ2n) is 5.46. The lowest BCUT2D eigenvalue weighted by Crippen LogP contribution is -2.03. The third-order valence-electron chi connectivity index (χ3n) is 4.03. The van der Waals surface area contributed by atoms with Crippen LogP contribution in [0.3, 0.4) is 0 Å². The molecule has 4 aromatic rings. The minimum Gasteiger partial charge on any atom is -0.507 e. The normalized spacial score (nSPS) is 11.0. The zero-order chi connectivity index (χ0) is 16.7. The quantitative estimate of drug-likeness (QED) is 0.550. The lowest BCUT2D eigenvalue weighted by atomic mass is 10.1. The van der Waals surface area contributed by atoms with E-state index in [2.05, 4.69) is 9.97 Å². The van der Waals surface area contributed by atoms with Crippen LogP contribution in [0, 0.1) is 0 Å². The molecule has 2 heterocycles. The summed E-state index contributed by atoms with van der Waals surface area (Å²) in [4.78, 5) is 20.1. The van der Waals surface area contributed by atoms with Crippen LogP contribution in [-0.4, -0.2) is 28.2 Å². The first-order valence-electron chi connectivity index (χ1n) is 7.47. The number of methoxy groups -OCH3 is 1. The van der Waals surface area contributed by atoms with Crippen LogP contribution in [0.2, 0.25) is 0 Å². The van der Waals surface area contributed by atoms with E-state index in [1.54, 1.807) is 18.2 Å². The Bertz CT molecular complexity index is 1070. The molecule has 0 saturated heterocycles. The van der Waals surface area contributed by atoms with Crippen molar-refractivity contribution in [3.8, 4) is 17.0 Å². The Morgan fingerprint density at radius 3 is 2.67 bits per heavy atom. The number of rotatable bonds is 2. The Balaban J connectivity index is 2.13. The fourth-order valence-electron chi connectivity index (χ4n) is 2.91. The summed E-state index contributed by atoms with van der Waals surface area (Å²) in [6, 6.07) is 16.5. The minimum absolute atomic E-state index is 0.118. The Kier molecular flexibility index (Phi) is 3.20. The van der Waals surface area contributed by atoms with Gasteiger partial charge in [0.05, 0.1) is 34.8 Å². The van der Waals surface area contributed by atoms with E-state index in [9.17, 15) is 9.90 Å². The number of hydrogen-bond donors (Lipinski definition) is 2. The van der Waals surface area contributed by atoms with Crippen LogP contribution in [-0.2, 0) is 4.74 Å². The smallest absolute Gasteiger partial charge is 0.340 e. The van der Waals surface area contributed by atoms with Crippen molar-refractivity contribution in [3.05, 3.63) is 60.2 Å². The van der Waals surface area contributed by atoms with Crippen molar-refractivity contribution < 1.29 is 14.6 Å². The number of benzene rings is 2. The van der Waals surface area contributed by atoms with Gasteiger partial charge in [0.2, 0.25) is 0 Å². The Morgan fingerprint density at radius 2 is 1.92 bits per heavy atom. The molecule has 0 atom stereocenters. The van der Waals surface area contributed by atoms with Crippen LogP contribution in [0.1, 0.15) is 10.4 Å². The fourth-order valence-corrected chi connectivity index (χ4v) is 2.91. The number of carbonyl (C=O) groups excluding carboxylic acids is 1. The molecule has 2 aromatic heterocycles. The molecule has 5 nitrogen and oxygen atoms in total. The van der Waals surface area contributed by atoms with E-state index in [1.807, 2.05) is 36.4 Å². The number of aromatic nitrogens is 2. The monoisotopic (exact) mass is 318 g/mol. The predicted molar refractivity (Wildman–Crippen MR) is 92.0 cm³/mol. The van der Waals surface area contributed by atoms with Crippen LogP contribution in [0.5, 0.6) is 5.75 Å². The number of ether oxygens (including phenoxy) is 1. The number of phenols is 1. The van der Waals surface area contributed by atoms with E-state index >= 15 is 0 Å². The zero-order valence-electron chi connectivity index (χ0n) is 12.9. The highest BCUT2D eigenvalue weighted by molar-refractivity contribution is 6.14. The standard InChI is InChI=1S/C19H14N2O3/c1-24-19(23)12-10-14(11-6-3-2-4-7-11)21-18-16-13(20-17(12)18)8-5-9-15(16)22/h2-10,20,22H,1H3. The van der Waals surface area contributed by atoms with Gasteiger partial charge >= 0.3 is 5.97 Å². The Labute approximate surface area is 137 Å². The van der Waals surface area contributed by atoms with Crippen molar-refractivity contribution >= 4 is 27.9 Å². The lowest BCUT2D eigenvalue weighted by molar-refractivity contribution is 0.0603. The molecule has 0 aliphatic heterocycles. The molecule has 0 aliphatic rings. The van der Waals surface area contributed by atoms with Gasteiger partial charge in [-0.1, -0.05) is 36.4 Å². The number of aromatic hydroxyl groups is 1. The third-order valence-corrected chi connectivity index (χ3v) is 4.03. The number of H-pyrrole nitrogens is 1. The number of carbonyl (C=O) groups is 1. The van der Waals surface area contributed by atoms with Gasteiger partial charge in [-0.25, -0.2) is 9.78 Å². The van der Waals surface area contributed by atoms with Gasteiger partial charge in [-0.05, 0) is 18.2 Å². The molecule has 24 heavy (non-hydrogen) atoms. The minimum atomic E-state index is -0.453. The lowest BCUT2D eigenvalue weighted by Gasteiger charge is -2.06. The van der Waals surface area contributed by atoms with Gasteiger partial charge in [0.25, 0.3) is 0 Å². The van der Waals surface area contributed by atoms with E-state index < -0.39 is 5.97 Å². The molecular formula is C19H14N2O3. The number of nitrogens with one attached hydrogen (secondary N) is 1. The molecule has 0 aliphatic carbocycles. The second kappa shape index (κ2) is 5.38. The Hall–Kier alpha value is -3.34. The van der Waals surface area contributed by atoms with Gasteiger partial charge < -0.3 is 14.8 Å². The van der Waals surface area contributed by atoms with Gasteiger partial charge in [0.15, 0.2) is 0 Å². The summed E-state index contributed by atoms with van der Waals surface area (Å²) < 4.78 is 4.91. The maximum Gasteiger partial charge on any atom is 0.340 e. The molecule has 0 radical (unpaired) electrons. The van der Waals surface area contributed by atoms with Crippen LogP contribution in [0.4, 0.5) is 0 Å². The van der Waals surface area contributed by atoms with Crippen molar-refractivity contribution in [1.29, 1.82) is 0 Å². The molecule has 118 valence electrons. The van der Waals surface area contributed by atoms with Crippen molar-refractivity contribution in [3.63, 3.8) is 0 Å². The van der Waals surface area contributed by atoms with Crippen molar-refractivity contribution in [2.45, 2.75) is 0 Å². The fraction of sp³-hybridized carbons (Fsp3) is 0.0526. The molecule has 0 amide bonds.